The maximum Gasteiger partial charge on any atom is 0.319 e. The zero-order valence-electron chi connectivity index (χ0n) is 10.3. The molecule has 0 radical (unpaired) electrons. The van der Waals surface area contributed by atoms with Crippen molar-refractivity contribution in [3.05, 3.63) is 0 Å². The van der Waals surface area contributed by atoms with Crippen molar-refractivity contribution in [3.63, 3.8) is 0 Å². The topological polar surface area (TPSA) is 58.6 Å². The molecule has 2 fully saturated rings. The molecule has 2 aliphatic rings. The number of esters is 1. The number of piperidine rings is 1. The monoisotopic (exact) mass is 240 g/mol. The van der Waals surface area contributed by atoms with E-state index in [1.807, 2.05) is 0 Å². The third kappa shape index (κ3) is 3.70. The molecule has 1 N–H and O–H groups in total. The summed E-state index contributed by atoms with van der Waals surface area (Å²) in [5, 5.41) is 3.09. The summed E-state index contributed by atoms with van der Waals surface area (Å²) in [6.45, 7) is 2.06. The Hall–Kier alpha value is -1.10. The van der Waals surface area contributed by atoms with E-state index in [4.69, 9.17) is 0 Å². The number of hydrogen-bond acceptors (Lipinski definition) is 4. The number of ether oxygens (including phenoxy) is 1. The van der Waals surface area contributed by atoms with Crippen molar-refractivity contribution in [2.45, 2.75) is 31.7 Å². The van der Waals surface area contributed by atoms with Crippen molar-refractivity contribution in [1.82, 2.24) is 10.2 Å². The summed E-state index contributed by atoms with van der Waals surface area (Å²) in [6.07, 6.45) is 3.95. The molecule has 1 saturated carbocycles. The number of carbonyl (C=O) groups is 2. The Balaban J connectivity index is 1.66. The fourth-order valence-electron chi connectivity index (χ4n) is 2.15. The van der Waals surface area contributed by atoms with Crippen LogP contribution in [0.3, 0.4) is 0 Å². The SMILES string of the molecule is COC(=O)CN1CCC(NC(=O)C2CC2)CC1. The van der Waals surface area contributed by atoms with Gasteiger partial charge in [0.05, 0.1) is 13.7 Å². The highest BCUT2D eigenvalue weighted by atomic mass is 16.5. The summed E-state index contributed by atoms with van der Waals surface area (Å²) < 4.78 is 4.63. The number of carbonyl (C=O) groups excluding carboxylic acids is 2. The summed E-state index contributed by atoms with van der Waals surface area (Å²) in [4.78, 5) is 24.8. The molecule has 0 aromatic heterocycles. The lowest BCUT2D eigenvalue weighted by molar-refractivity contribution is -0.142. The average Bonchev–Trinajstić information content (AvgIpc) is 3.15. The van der Waals surface area contributed by atoms with Crippen molar-refractivity contribution in [2.75, 3.05) is 26.7 Å². The first kappa shape index (κ1) is 12.4. The molecule has 0 atom stereocenters. The predicted molar refractivity (Wildman–Crippen MR) is 62.3 cm³/mol. The zero-order valence-corrected chi connectivity index (χ0v) is 10.3. The molecule has 5 nitrogen and oxygen atoms in total. The lowest BCUT2D eigenvalue weighted by Gasteiger charge is -2.31. The normalized spacial score (nSPS) is 22.2. The summed E-state index contributed by atoms with van der Waals surface area (Å²) in [6, 6.07) is 0.289. The van der Waals surface area contributed by atoms with Gasteiger partial charge in [0.2, 0.25) is 5.91 Å². The molecule has 0 aromatic carbocycles. The van der Waals surface area contributed by atoms with Gasteiger partial charge in [0.25, 0.3) is 0 Å². The van der Waals surface area contributed by atoms with Crippen molar-refractivity contribution in [2.24, 2.45) is 5.92 Å². The molecule has 0 spiro atoms. The minimum atomic E-state index is -0.189. The Bertz CT molecular complexity index is 294. The Morgan fingerprint density at radius 3 is 2.41 bits per heavy atom. The molecule has 1 heterocycles. The van der Waals surface area contributed by atoms with Crippen LogP contribution in [0.25, 0.3) is 0 Å². The standard InChI is InChI=1S/C12H20N2O3/c1-17-11(15)8-14-6-4-10(5-7-14)13-12(16)9-2-3-9/h9-10H,2-8H2,1H3,(H,13,16). The van der Waals surface area contributed by atoms with Gasteiger partial charge in [-0.05, 0) is 25.7 Å². The van der Waals surface area contributed by atoms with Gasteiger partial charge in [-0.1, -0.05) is 0 Å². The summed E-state index contributed by atoms with van der Waals surface area (Å²) in [7, 11) is 1.41. The smallest absolute Gasteiger partial charge is 0.319 e. The van der Waals surface area contributed by atoms with E-state index in [1.165, 1.54) is 7.11 Å². The lowest BCUT2D eigenvalue weighted by Crippen LogP contribution is -2.46. The third-order valence-corrected chi connectivity index (χ3v) is 3.46. The number of nitrogens with zero attached hydrogens (tertiary/aromatic N) is 1. The van der Waals surface area contributed by atoms with Crippen LogP contribution in [0.1, 0.15) is 25.7 Å². The van der Waals surface area contributed by atoms with E-state index < -0.39 is 0 Å². The van der Waals surface area contributed by atoms with E-state index in [2.05, 4.69) is 15.0 Å². The highest BCUT2D eigenvalue weighted by Crippen LogP contribution is 2.29. The van der Waals surface area contributed by atoms with Gasteiger partial charge >= 0.3 is 5.97 Å². The van der Waals surface area contributed by atoms with Crippen LogP contribution in [0.5, 0.6) is 0 Å². The second kappa shape index (κ2) is 5.49. The molecule has 0 bridgehead atoms. The molecule has 96 valence electrons. The number of hydrogen-bond donors (Lipinski definition) is 1. The molecule has 1 saturated heterocycles. The van der Waals surface area contributed by atoms with Crippen LogP contribution in [0.2, 0.25) is 0 Å². The van der Waals surface area contributed by atoms with Crippen molar-refractivity contribution >= 4 is 11.9 Å². The quantitative estimate of drug-likeness (QED) is 0.711. The second-order valence-electron chi connectivity index (χ2n) is 4.91. The van der Waals surface area contributed by atoms with Crippen LogP contribution in [0.15, 0.2) is 0 Å². The summed E-state index contributed by atoms with van der Waals surface area (Å²) in [5.41, 5.74) is 0. The Morgan fingerprint density at radius 2 is 1.88 bits per heavy atom. The van der Waals surface area contributed by atoms with Gasteiger partial charge in [-0.3, -0.25) is 14.5 Å². The average molecular weight is 240 g/mol. The van der Waals surface area contributed by atoms with Crippen molar-refractivity contribution in [3.8, 4) is 0 Å². The molecule has 17 heavy (non-hydrogen) atoms. The Kier molecular flexibility index (Phi) is 3.99. The minimum Gasteiger partial charge on any atom is -0.468 e. The largest absolute Gasteiger partial charge is 0.468 e. The maximum absolute atomic E-state index is 11.6. The number of nitrogens with one attached hydrogen (secondary N) is 1. The molecular formula is C12H20N2O3. The van der Waals surface area contributed by atoms with Crippen molar-refractivity contribution < 1.29 is 14.3 Å². The fourth-order valence-corrected chi connectivity index (χ4v) is 2.15. The number of rotatable bonds is 4. The first-order valence-electron chi connectivity index (χ1n) is 6.28. The van der Waals surface area contributed by atoms with Gasteiger partial charge in [-0.25, -0.2) is 0 Å². The van der Waals surface area contributed by atoms with E-state index in [1.54, 1.807) is 0 Å². The van der Waals surface area contributed by atoms with E-state index in [0.29, 0.717) is 6.54 Å². The summed E-state index contributed by atoms with van der Waals surface area (Å²) in [5.74, 6) is 0.310. The van der Waals surface area contributed by atoms with Crippen LogP contribution in [0.4, 0.5) is 0 Å². The van der Waals surface area contributed by atoms with Crippen LogP contribution < -0.4 is 5.32 Å². The first-order chi connectivity index (χ1) is 8.19. The third-order valence-electron chi connectivity index (χ3n) is 3.46. The molecule has 0 unspecified atom stereocenters. The van der Waals surface area contributed by atoms with E-state index in [0.717, 1.165) is 38.8 Å². The molecule has 2 rings (SSSR count). The van der Waals surface area contributed by atoms with Crippen LogP contribution in [-0.4, -0.2) is 49.6 Å². The second-order valence-corrected chi connectivity index (χ2v) is 4.91. The van der Waals surface area contributed by atoms with Crippen LogP contribution in [-0.2, 0) is 14.3 Å². The van der Waals surface area contributed by atoms with Crippen LogP contribution >= 0.6 is 0 Å². The highest BCUT2D eigenvalue weighted by molar-refractivity contribution is 5.81. The highest BCUT2D eigenvalue weighted by Gasteiger charge is 2.31. The molecule has 1 amide bonds. The van der Waals surface area contributed by atoms with E-state index in [-0.39, 0.29) is 23.8 Å². The minimum absolute atomic E-state index is 0.189. The number of methoxy groups -OCH3 is 1. The van der Waals surface area contributed by atoms with Gasteiger partial charge in [0.1, 0.15) is 0 Å². The zero-order chi connectivity index (χ0) is 12.3. The predicted octanol–water partition coefficient (Wildman–Crippen LogP) is 0.150. The van der Waals surface area contributed by atoms with Gasteiger partial charge < -0.3 is 10.1 Å². The molecule has 0 aromatic rings. The van der Waals surface area contributed by atoms with Crippen molar-refractivity contribution in [1.29, 1.82) is 0 Å². The molecule has 1 aliphatic heterocycles. The first-order valence-corrected chi connectivity index (χ1v) is 6.28. The summed E-state index contributed by atoms with van der Waals surface area (Å²) >= 11 is 0. The Labute approximate surface area is 101 Å². The van der Waals surface area contributed by atoms with E-state index >= 15 is 0 Å². The van der Waals surface area contributed by atoms with Gasteiger partial charge in [-0.2, -0.15) is 0 Å². The van der Waals surface area contributed by atoms with Crippen LogP contribution in [0, 0.1) is 5.92 Å². The number of amides is 1. The van der Waals surface area contributed by atoms with Gasteiger partial charge in [0, 0.05) is 25.0 Å². The number of likely N-dealkylation sites (tertiary alicyclic amines) is 1. The van der Waals surface area contributed by atoms with Gasteiger partial charge in [0.15, 0.2) is 0 Å². The fraction of sp³-hybridized carbons (Fsp3) is 0.833. The Morgan fingerprint density at radius 1 is 1.24 bits per heavy atom. The lowest BCUT2D eigenvalue weighted by atomic mass is 10.0. The maximum atomic E-state index is 11.6. The molecular weight excluding hydrogens is 220 g/mol. The van der Waals surface area contributed by atoms with E-state index in [9.17, 15) is 9.59 Å². The van der Waals surface area contributed by atoms with Gasteiger partial charge in [-0.15, -0.1) is 0 Å². The molecule has 1 aliphatic carbocycles. The molecule has 5 heteroatoms.